The lowest BCUT2D eigenvalue weighted by Crippen LogP contribution is -2.09. The summed E-state index contributed by atoms with van der Waals surface area (Å²) in [5.74, 6) is 0.320. The molecule has 0 saturated carbocycles. The van der Waals surface area contributed by atoms with Crippen LogP contribution in [0.3, 0.4) is 0 Å². The van der Waals surface area contributed by atoms with Gasteiger partial charge in [0, 0.05) is 3.57 Å². The molecular weight excluding hydrogens is 351 g/mol. The van der Waals surface area contributed by atoms with E-state index in [0.717, 1.165) is 3.57 Å². The van der Waals surface area contributed by atoms with Crippen LogP contribution in [0.4, 0.5) is 0 Å². The van der Waals surface area contributed by atoms with Crippen LogP contribution in [0, 0.1) is 3.57 Å². The Morgan fingerprint density at radius 3 is 2.29 bits per heavy atom. The van der Waals surface area contributed by atoms with Gasteiger partial charge in [0.1, 0.15) is 10.6 Å². The molecule has 0 N–H and O–H groups in total. The van der Waals surface area contributed by atoms with Crippen molar-refractivity contribution in [3.63, 3.8) is 0 Å². The van der Waals surface area contributed by atoms with E-state index in [2.05, 4.69) is 22.6 Å². The Bertz CT molecular complexity index is 609. The second-order valence-corrected chi connectivity index (χ2v) is 6.10. The Balaban J connectivity index is 2.30. The van der Waals surface area contributed by atoms with Crippen molar-refractivity contribution in [2.45, 2.75) is 4.90 Å². The fraction of sp³-hybridized carbons (Fsp3) is 0. The molecule has 0 aliphatic heterocycles. The van der Waals surface area contributed by atoms with Crippen molar-refractivity contribution in [1.29, 1.82) is 0 Å². The summed E-state index contributed by atoms with van der Waals surface area (Å²) in [7, 11) is -3.73. The van der Waals surface area contributed by atoms with Gasteiger partial charge in [0.2, 0.25) is 0 Å². The van der Waals surface area contributed by atoms with Crippen molar-refractivity contribution >= 4 is 32.7 Å². The molecule has 0 saturated heterocycles. The van der Waals surface area contributed by atoms with Crippen LogP contribution < -0.4 is 4.18 Å². The smallest absolute Gasteiger partial charge is 0.339 e. The molecule has 0 spiro atoms. The molecule has 0 aliphatic rings. The van der Waals surface area contributed by atoms with E-state index >= 15 is 0 Å². The van der Waals surface area contributed by atoms with Gasteiger partial charge in [0.05, 0.1) is 0 Å². The number of benzene rings is 2. The Hall–Kier alpha value is -1.08. The summed E-state index contributed by atoms with van der Waals surface area (Å²) >= 11 is 2.10. The number of rotatable bonds is 3. The van der Waals surface area contributed by atoms with Crippen LogP contribution in [-0.2, 0) is 10.1 Å². The van der Waals surface area contributed by atoms with E-state index in [1.54, 1.807) is 36.4 Å². The Morgan fingerprint density at radius 2 is 1.65 bits per heavy atom. The second-order valence-electron chi connectivity index (χ2n) is 3.31. The summed E-state index contributed by atoms with van der Waals surface area (Å²) in [6.07, 6.45) is 0. The topological polar surface area (TPSA) is 43.4 Å². The maximum atomic E-state index is 11.9. The van der Waals surface area contributed by atoms with Crippen molar-refractivity contribution < 1.29 is 12.6 Å². The van der Waals surface area contributed by atoms with Crippen molar-refractivity contribution in [2.24, 2.45) is 0 Å². The minimum absolute atomic E-state index is 0.152. The van der Waals surface area contributed by atoms with Gasteiger partial charge in [0.15, 0.2) is 0 Å². The zero-order valence-corrected chi connectivity index (χ0v) is 11.7. The van der Waals surface area contributed by atoms with Gasteiger partial charge in [-0.15, -0.1) is 0 Å². The molecule has 2 rings (SSSR count). The van der Waals surface area contributed by atoms with Crippen molar-refractivity contribution in [3.8, 4) is 5.75 Å². The van der Waals surface area contributed by atoms with E-state index in [0.29, 0.717) is 5.75 Å². The fourth-order valence-electron chi connectivity index (χ4n) is 1.28. The third-order valence-electron chi connectivity index (χ3n) is 2.03. The van der Waals surface area contributed by atoms with Gasteiger partial charge in [-0.25, -0.2) is 0 Å². The number of hydrogen-bond donors (Lipinski definition) is 0. The average molecular weight is 360 g/mol. The molecule has 0 bridgehead atoms. The Kier molecular flexibility index (Phi) is 3.68. The van der Waals surface area contributed by atoms with Crippen LogP contribution in [0.25, 0.3) is 0 Å². The second kappa shape index (κ2) is 5.05. The molecule has 0 radical (unpaired) electrons. The summed E-state index contributed by atoms with van der Waals surface area (Å²) in [6.45, 7) is 0. The maximum absolute atomic E-state index is 11.9. The summed E-state index contributed by atoms with van der Waals surface area (Å²) in [6, 6.07) is 15.0. The Morgan fingerprint density at radius 1 is 0.941 bits per heavy atom. The molecule has 17 heavy (non-hydrogen) atoms. The minimum atomic E-state index is -3.73. The van der Waals surface area contributed by atoms with Crippen LogP contribution in [0.15, 0.2) is 59.5 Å². The summed E-state index contributed by atoms with van der Waals surface area (Å²) < 4.78 is 29.7. The van der Waals surface area contributed by atoms with E-state index in [1.807, 2.05) is 6.07 Å². The molecule has 0 atom stereocenters. The predicted octanol–water partition coefficient (Wildman–Crippen LogP) is 3.06. The van der Waals surface area contributed by atoms with Crippen LogP contribution in [0.5, 0.6) is 5.75 Å². The molecule has 2 aromatic rings. The molecule has 0 aliphatic carbocycles. The van der Waals surface area contributed by atoms with Crippen LogP contribution in [-0.4, -0.2) is 8.42 Å². The van der Waals surface area contributed by atoms with Gasteiger partial charge >= 0.3 is 10.1 Å². The molecule has 88 valence electrons. The first kappa shape index (κ1) is 12.4. The molecule has 5 heteroatoms. The molecule has 3 nitrogen and oxygen atoms in total. The monoisotopic (exact) mass is 360 g/mol. The van der Waals surface area contributed by atoms with E-state index in [4.69, 9.17) is 4.18 Å². The lowest BCUT2D eigenvalue weighted by Gasteiger charge is -2.06. The average Bonchev–Trinajstić information content (AvgIpc) is 2.29. The van der Waals surface area contributed by atoms with Gasteiger partial charge in [0.25, 0.3) is 0 Å². The van der Waals surface area contributed by atoms with E-state index in [1.165, 1.54) is 12.1 Å². The molecular formula is C12H9IO3S. The molecule has 2 aromatic carbocycles. The third-order valence-corrected chi connectivity index (χ3v) is 3.97. The third kappa shape index (κ3) is 3.19. The normalized spacial score (nSPS) is 11.1. The standard InChI is InChI=1S/C12H9IO3S/c13-10-5-4-6-11(9-10)16-17(14,15)12-7-2-1-3-8-12/h1-9H. The zero-order chi connectivity index (χ0) is 12.3. The van der Waals surface area contributed by atoms with E-state index < -0.39 is 10.1 Å². The van der Waals surface area contributed by atoms with E-state index in [-0.39, 0.29) is 4.90 Å². The van der Waals surface area contributed by atoms with Gasteiger partial charge in [-0.1, -0.05) is 24.3 Å². The first-order chi connectivity index (χ1) is 8.08. The first-order valence-electron chi connectivity index (χ1n) is 4.83. The fourth-order valence-corrected chi connectivity index (χ4v) is 2.74. The van der Waals surface area contributed by atoms with Crippen LogP contribution in [0.2, 0.25) is 0 Å². The highest BCUT2D eigenvalue weighted by Crippen LogP contribution is 2.20. The van der Waals surface area contributed by atoms with Gasteiger partial charge in [-0.05, 0) is 52.9 Å². The van der Waals surface area contributed by atoms with Crippen LogP contribution >= 0.6 is 22.6 Å². The van der Waals surface area contributed by atoms with Crippen molar-refractivity contribution in [2.75, 3.05) is 0 Å². The lowest BCUT2D eigenvalue weighted by atomic mass is 10.3. The van der Waals surface area contributed by atoms with Gasteiger partial charge < -0.3 is 4.18 Å². The van der Waals surface area contributed by atoms with Crippen molar-refractivity contribution in [1.82, 2.24) is 0 Å². The predicted molar refractivity (Wildman–Crippen MR) is 73.4 cm³/mol. The van der Waals surface area contributed by atoms with Gasteiger partial charge in [-0.2, -0.15) is 8.42 Å². The quantitative estimate of drug-likeness (QED) is 0.624. The maximum Gasteiger partial charge on any atom is 0.339 e. The molecule has 0 unspecified atom stereocenters. The van der Waals surface area contributed by atoms with Gasteiger partial charge in [-0.3, -0.25) is 0 Å². The molecule has 0 heterocycles. The lowest BCUT2D eigenvalue weighted by molar-refractivity contribution is 0.486. The Labute approximate surface area is 114 Å². The highest BCUT2D eigenvalue weighted by Gasteiger charge is 2.15. The summed E-state index contributed by atoms with van der Waals surface area (Å²) in [5.41, 5.74) is 0. The molecule has 0 amide bonds. The molecule has 0 fully saturated rings. The summed E-state index contributed by atoms with van der Waals surface area (Å²) in [4.78, 5) is 0.152. The molecule has 0 aromatic heterocycles. The summed E-state index contributed by atoms with van der Waals surface area (Å²) in [5, 5.41) is 0. The highest BCUT2D eigenvalue weighted by molar-refractivity contribution is 14.1. The van der Waals surface area contributed by atoms with E-state index in [9.17, 15) is 8.42 Å². The largest absolute Gasteiger partial charge is 0.379 e. The first-order valence-corrected chi connectivity index (χ1v) is 7.32. The highest BCUT2D eigenvalue weighted by atomic mass is 127. The number of halogens is 1. The number of hydrogen-bond acceptors (Lipinski definition) is 3. The van der Waals surface area contributed by atoms with Crippen LogP contribution in [0.1, 0.15) is 0 Å². The van der Waals surface area contributed by atoms with Crippen molar-refractivity contribution in [3.05, 3.63) is 58.2 Å². The zero-order valence-electron chi connectivity index (χ0n) is 8.71. The SMILES string of the molecule is O=S(=O)(Oc1cccc(I)c1)c1ccccc1. The minimum Gasteiger partial charge on any atom is -0.379 e.